The van der Waals surface area contributed by atoms with Crippen LogP contribution in [0.1, 0.15) is 35.6 Å². The van der Waals surface area contributed by atoms with Gasteiger partial charge in [-0.25, -0.2) is 0 Å². The molecule has 0 aliphatic carbocycles. The van der Waals surface area contributed by atoms with Crippen molar-refractivity contribution in [1.82, 2.24) is 0 Å². The van der Waals surface area contributed by atoms with Crippen LogP contribution in [-0.4, -0.2) is 24.7 Å². The molecular weight excluding hydrogens is 238 g/mol. The van der Waals surface area contributed by atoms with E-state index in [9.17, 15) is 4.79 Å². The van der Waals surface area contributed by atoms with Gasteiger partial charge in [-0.1, -0.05) is 13.0 Å². The fourth-order valence-electron chi connectivity index (χ4n) is 2.69. The first-order valence-corrected chi connectivity index (χ1v) is 6.74. The first-order valence-electron chi connectivity index (χ1n) is 6.74. The highest BCUT2D eigenvalue weighted by Gasteiger charge is 2.16. The summed E-state index contributed by atoms with van der Waals surface area (Å²) >= 11 is 0. The number of anilines is 1. The molecule has 0 fully saturated rings. The van der Waals surface area contributed by atoms with Crippen LogP contribution >= 0.6 is 0 Å². The second-order valence-corrected chi connectivity index (χ2v) is 5.69. The molecule has 106 valence electrons. The van der Waals surface area contributed by atoms with Crippen molar-refractivity contribution >= 4 is 11.7 Å². The third-order valence-corrected chi connectivity index (χ3v) is 3.82. The van der Waals surface area contributed by atoms with Crippen LogP contribution in [0.4, 0.5) is 5.69 Å². The summed E-state index contributed by atoms with van der Waals surface area (Å²) in [5.74, 6) is -0.586. The van der Waals surface area contributed by atoms with E-state index < -0.39 is 5.97 Å². The Balaban J connectivity index is 2.99. The molecule has 1 N–H and O–H groups in total. The summed E-state index contributed by atoms with van der Waals surface area (Å²) in [6.45, 7) is 11.3. The van der Waals surface area contributed by atoms with Crippen LogP contribution in [-0.2, 0) is 4.79 Å². The van der Waals surface area contributed by atoms with Gasteiger partial charge >= 0.3 is 5.97 Å². The normalized spacial score (nSPS) is 12.3. The lowest BCUT2D eigenvalue weighted by Gasteiger charge is -2.28. The molecule has 3 heteroatoms. The van der Waals surface area contributed by atoms with E-state index in [1.165, 1.54) is 27.9 Å². The summed E-state index contributed by atoms with van der Waals surface area (Å²) in [7, 11) is 2.05. The lowest BCUT2D eigenvalue weighted by molar-refractivity contribution is -0.137. The van der Waals surface area contributed by atoms with Crippen molar-refractivity contribution < 1.29 is 9.90 Å². The number of nitrogens with zero attached hydrogens (tertiary/aromatic N) is 1. The van der Waals surface area contributed by atoms with E-state index in [-0.39, 0.29) is 12.3 Å². The van der Waals surface area contributed by atoms with Crippen LogP contribution in [0.2, 0.25) is 0 Å². The molecule has 1 aromatic rings. The van der Waals surface area contributed by atoms with Crippen LogP contribution in [0.25, 0.3) is 0 Å². The number of carboxylic acids is 1. The topological polar surface area (TPSA) is 40.5 Å². The van der Waals surface area contributed by atoms with Gasteiger partial charge in [-0.05, 0) is 55.9 Å². The molecule has 0 saturated heterocycles. The molecular formula is C16H25NO2. The molecule has 0 aliphatic heterocycles. The Morgan fingerprint density at radius 2 is 1.68 bits per heavy atom. The van der Waals surface area contributed by atoms with E-state index in [0.29, 0.717) is 0 Å². The summed E-state index contributed by atoms with van der Waals surface area (Å²) in [4.78, 5) is 12.9. The molecule has 0 spiro atoms. The standard InChI is InChI=1S/C16H25NO2/c1-10(7-15(18)19)9-17(6)16-13(4)11(2)8-12(3)14(16)5/h8,10H,7,9H2,1-6H3,(H,18,19). The molecule has 1 atom stereocenters. The van der Waals surface area contributed by atoms with Gasteiger partial charge in [-0.2, -0.15) is 0 Å². The zero-order valence-corrected chi connectivity index (χ0v) is 12.9. The predicted molar refractivity (Wildman–Crippen MR) is 80.1 cm³/mol. The monoisotopic (exact) mass is 263 g/mol. The number of rotatable bonds is 5. The fraction of sp³-hybridized carbons (Fsp3) is 0.562. The third-order valence-electron chi connectivity index (χ3n) is 3.82. The van der Waals surface area contributed by atoms with Gasteiger partial charge in [0.2, 0.25) is 0 Å². The van der Waals surface area contributed by atoms with Crippen LogP contribution < -0.4 is 4.90 Å². The van der Waals surface area contributed by atoms with Gasteiger partial charge in [-0.3, -0.25) is 4.79 Å². The number of aryl methyl sites for hydroxylation is 2. The quantitative estimate of drug-likeness (QED) is 0.884. The Morgan fingerprint density at radius 3 is 2.11 bits per heavy atom. The average Bonchev–Trinajstić information content (AvgIpc) is 2.25. The van der Waals surface area contributed by atoms with Crippen LogP contribution in [0.5, 0.6) is 0 Å². The summed E-state index contributed by atoms with van der Waals surface area (Å²) in [5.41, 5.74) is 6.39. The van der Waals surface area contributed by atoms with E-state index in [0.717, 1.165) is 6.54 Å². The Bertz CT molecular complexity index is 454. The number of aliphatic carboxylic acids is 1. The lowest BCUT2D eigenvalue weighted by Crippen LogP contribution is -2.27. The molecule has 1 rings (SSSR count). The van der Waals surface area contributed by atoms with Crippen molar-refractivity contribution in [1.29, 1.82) is 0 Å². The van der Waals surface area contributed by atoms with Gasteiger partial charge in [0, 0.05) is 25.7 Å². The smallest absolute Gasteiger partial charge is 0.303 e. The van der Waals surface area contributed by atoms with Gasteiger partial charge in [0.15, 0.2) is 0 Å². The second-order valence-electron chi connectivity index (χ2n) is 5.69. The minimum Gasteiger partial charge on any atom is -0.481 e. The number of carbonyl (C=O) groups is 1. The summed E-state index contributed by atoms with van der Waals surface area (Å²) in [5, 5.41) is 8.85. The zero-order chi connectivity index (χ0) is 14.7. The number of hydrogen-bond acceptors (Lipinski definition) is 2. The van der Waals surface area contributed by atoms with Crippen LogP contribution in [0.3, 0.4) is 0 Å². The minimum absolute atomic E-state index is 0.141. The summed E-state index contributed by atoms with van der Waals surface area (Å²) in [6, 6.07) is 2.21. The lowest BCUT2D eigenvalue weighted by atomic mass is 9.97. The molecule has 0 amide bonds. The van der Waals surface area contributed by atoms with E-state index in [4.69, 9.17) is 5.11 Å². The van der Waals surface area contributed by atoms with E-state index in [1.807, 2.05) is 14.0 Å². The van der Waals surface area contributed by atoms with E-state index in [2.05, 4.69) is 38.7 Å². The van der Waals surface area contributed by atoms with Crippen molar-refractivity contribution in [2.45, 2.75) is 41.0 Å². The molecule has 3 nitrogen and oxygen atoms in total. The fourth-order valence-corrected chi connectivity index (χ4v) is 2.69. The molecule has 0 bridgehead atoms. The third kappa shape index (κ3) is 3.72. The zero-order valence-electron chi connectivity index (χ0n) is 12.9. The van der Waals surface area contributed by atoms with Crippen LogP contribution in [0, 0.1) is 33.6 Å². The predicted octanol–water partition coefficient (Wildman–Crippen LogP) is 3.47. The first kappa shape index (κ1) is 15.5. The first-order chi connectivity index (χ1) is 8.73. The maximum atomic E-state index is 10.8. The van der Waals surface area contributed by atoms with Gasteiger partial charge < -0.3 is 10.0 Å². The van der Waals surface area contributed by atoms with Gasteiger partial charge in [0.05, 0.1) is 0 Å². The average molecular weight is 263 g/mol. The van der Waals surface area contributed by atoms with Gasteiger partial charge in [-0.15, -0.1) is 0 Å². The number of benzene rings is 1. The highest BCUT2D eigenvalue weighted by atomic mass is 16.4. The summed E-state index contributed by atoms with van der Waals surface area (Å²) < 4.78 is 0. The highest BCUT2D eigenvalue weighted by molar-refractivity contribution is 5.67. The van der Waals surface area contributed by atoms with Gasteiger partial charge in [0.25, 0.3) is 0 Å². The van der Waals surface area contributed by atoms with E-state index >= 15 is 0 Å². The Kier molecular flexibility index (Phi) is 4.98. The van der Waals surface area contributed by atoms with Crippen molar-refractivity contribution in [3.63, 3.8) is 0 Å². The number of hydrogen-bond donors (Lipinski definition) is 1. The second kappa shape index (κ2) is 6.09. The maximum absolute atomic E-state index is 10.8. The highest BCUT2D eigenvalue weighted by Crippen LogP contribution is 2.30. The molecule has 1 unspecified atom stereocenters. The van der Waals surface area contributed by atoms with Gasteiger partial charge in [0.1, 0.15) is 0 Å². The Labute approximate surface area is 116 Å². The largest absolute Gasteiger partial charge is 0.481 e. The van der Waals surface area contributed by atoms with E-state index in [1.54, 1.807) is 0 Å². The molecule has 0 radical (unpaired) electrons. The van der Waals surface area contributed by atoms with Crippen molar-refractivity contribution in [3.05, 3.63) is 28.3 Å². The molecule has 0 aliphatic rings. The SMILES string of the molecule is Cc1cc(C)c(C)c(N(C)CC(C)CC(=O)O)c1C. The summed E-state index contributed by atoms with van der Waals surface area (Å²) in [6.07, 6.45) is 0.216. The molecule has 0 aromatic heterocycles. The Morgan fingerprint density at radius 1 is 1.21 bits per heavy atom. The maximum Gasteiger partial charge on any atom is 0.303 e. The van der Waals surface area contributed by atoms with Crippen molar-refractivity contribution in [2.75, 3.05) is 18.5 Å². The van der Waals surface area contributed by atoms with Crippen molar-refractivity contribution in [3.8, 4) is 0 Å². The Hall–Kier alpha value is -1.51. The van der Waals surface area contributed by atoms with Crippen molar-refractivity contribution in [2.24, 2.45) is 5.92 Å². The molecule has 0 heterocycles. The van der Waals surface area contributed by atoms with Crippen LogP contribution in [0.15, 0.2) is 6.07 Å². The molecule has 0 saturated carbocycles. The molecule has 19 heavy (non-hydrogen) atoms. The number of carboxylic acid groups (broad SMARTS) is 1. The minimum atomic E-state index is -0.727. The molecule has 1 aromatic carbocycles.